The van der Waals surface area contributed by atoms with Crippen LogP contribution in [0.2, 0.25) is 0 Å². The van der Waals surface area contributed by atoms with Crippen molar-refractivity contribution in [3.63, 3.8) is 0 Å². The van der Waals surface area contributed by atoms with Crippen molar-refractivity contribution in [2.45, 2.75) is 18.9 Å². The van der Waals surface area contributed by atoms with E-state index in [1.165, 1.54) is 0 Å². The van der Waals surface area contributed by atoms with Crippen LogP contribution in [0.25, 0.3) is 11.1 Å². The number of carboxylic acid groups (broad SMARTS) is 1. The van der Waals surface area contributed by atoms with Gasteiger partial charge >= 0.3 is 6.09 Å². The molecule has 0 aliphatic heterocycles. The summed E-state index contributed by atoms with van der Waals surface area (Å²) in [4.78, 5) is 19.8. The smallest absolute Gasteiger partial charge is 0.405 e. The summed E-state index contributed by atoms with van der Waals surface area (Å²) in [5, 5.41) is 15.6. The molecule has 4 aromatic rings. The van der Waals surface area contributed by atoms with Crippen molar-refractivity contribution in [3.8, 4) is 11.1 Å². The van der Waals surface area contributed by atoms with Gasteiger partial charge in [-0.3, -0.25) is 0 Å². The molecule has 1 amide bonds. The highest BCUT2D eigenvalue weighted by molar-refractivity contribution is 5.65. The van der Waals surface area contributed by atoms with E-state index in [4.69, 9.17) is 9.63 Å². The Hall–Kier alpha value is -3.94. The fourth-order valence-electron chi connectivity index (χ4n) is 3.24. The summed E-state index contributed by atoms with van der Waals surface area (Å²) < 4.78 is 7.15. The van der Waals surface area contributed by atoms with Crippen molar-refractivity contribution in [1.29, 1.82) is 0 Å². The molecule has 4 rings (SSSR count). The van der Waals surface area contributed by atoms with Gasteiger partial charge in [0, 0.05) is 26.1 Å². The first-order valence-electron chi connectivity index (χ1n) is 9.50. The summed E-state index contributed by atoms with van der Waals surface area (Å²) in [6.07, 6.45) is 3.13. The first kappa shape index (κ1) is 19.4. The Balaban J connectivity index is 1.47. The molecule has 1 atom stereocenters. The van der Waals surface area contributed by atoms with Gasteiger partial charge in [-0.25, -0.2) is 9.78 Å². The minimum atomic E-state index is -1.16. The van der Waals surface area contributed by atoms with Gasteiger partial charge in [-0.2, -0.15) is 4.98 Å². The van der Waals surface area contributed by atoms with E-state index in [1.54, 1.807) is 10.9 Å². The Morgan fingerprint density at radius 2 is 1.87 bits per heavy atom. The maximum Gasteiger partial charge on any atom is 0.405 e. The van der Waals surface area contributed by atoms with Crippen molar-refractivity contribution in [2.75, 3.05) is 0 Å². The van der Waals surface area contributed by atoms with Crippen molar-refractivity contribution in [1.82, 2.24) is 25.0 Å². The zero-order chi connectivity index (χ0) is 20.9. The number of hydrogen-bond donors (Lipinski definition) is 2. The van der Waals surface area contributed by atoms with Crippen LogP contribution in [0.5, 0.6) is 0 Å². The molecule has 0 aliphatic rings. The van der Waals surface area contributed by atoms with Crippen LogP contribution in [0.3, 0.4) is 0 Å². The summed E-state index contributed by atoms with van der Waals surface area (Å²) in [6.45, 7) is 0. The third-order valence-electron chi connectivity index (χ3n) is 4.67. The summed E-state index contributed by atoms with van der Waals surface area (Å²) in [6, 6.07) is 17.6. The highest BCUT2D eigenvalue weighted by Crippen LogP contribution is 2.21. The van der Waals surface area contributed by atoms with Gasteiger partial charge in [0.2, 0.25) is 5.89 Å². The summed E-state index contributed by atoms with van der Waals surface area (Å²) in [5.41, 5.74) is 4.05. The fourth-order valence-corrected chi connectivity index (χ4v) is 3.24. The van der Waals surface area contributed by atoms with E-state index < -0.39 is 12.1 Å². The first-order chi connectivity index (χ1) is 14.6. The molecule has 0 aliphatic carbocycles. The lowest BCUT2D eigenvalue weighted by atomic mass is 10.0. The summed E-state index contributed by atoms with van der Waals surface area (Å²) in [5.74, 6) is 0.717. The lowest BCUT2D eigenvalue weighted by molar-refractivity contribution is 0.186. The van der Waals surface area contributed by atoms with Gasteiger partial charge in [0.15, 0.2) is 5.82 Å². The zero-order valence-electron chi connectivity index (χ0n) is 16.4. The molecule has 2 N–H and O–H groups in total. The van der Waals surface area contributed by atoms with Crippen molar-refractivity contribution in [2.24, 2.45) is 7.05 Å². The minimum Gasteiger partial charge on any atom is -0.465 e. The average Bonchev–Trinajstić information content (AvgIpc) is 3.37. The molecule has 1 unspecified atom stereocenters. The largest absolute Gasteiger partial charge is 0.465 e. The Bertz CT molecular complexity index is 1120. The number of hydrogen-bond acceptors (Lipinski definition) is 5. The highest BCUT2D eigenvalue weighted by Gasteiger charge is 2.22. The Kier molecular flexibility index (Phi) is 5.56. The second-order valence-corrected chi connectivity index (χ2v) is 7.03. The molecular formula is C22H21N5O3. The predicted molar refractivity (Wildman–Crippen MR) is 110 cm³/mol. The molecule has 0 saturated carbocycles. The third-order valence-corrected chi connectivity index (χ3v) is 4.67. The van der Waals surface area contributed by atoms with E-state index in [-0.39, 0.29) is 5.89 Å². The summed E-state index contributed by atoms with van der Waals surface area (Å²) >= 11 is 0. The van der Waals surface area contributed by atoms with Gasteiger partial charge < -0.3 is 19.5 Å². The monoisotopic (exact) mass is 403 g/mol. The molecule has 8 heteroatoms. The van der Waals surface area contributed by atoms with Gasteiger partial charge in [-0.15, -0.1) is 0 Å². The van der Waals surface area contributed by atoms with Gasteiger partial charge in [0.05, 0.1) is 12.0 Å². The molecule has 2 aromatic carbocycles. The number of carbonyl (C=O) groups is 1. The maximum atomic E-state index is 11.2. The molecule has 0 fully saturated rings. The van der Waals surface area contributed by atoms with E-state index in [2.05, 4.69) is 44.7 Å². The fraction of sp³-hybridized carbons (Fsp3) is 0.182. The number of nitrogens with one attached hydrogen (secondary N) is 1. The molecule has 0 spiro atoms. The third kappa shape index (κ3) is 4.72. The van der Waals surface area contributed by atoms with Gasteiger partial charge in [0.1, 0.15) is 6.04 Å². The zero-order valence-corrected chi connectivity index (χ0v) is 16.4. The van der Waals surface area contributed by atoms with Crippen LogP contribution in [0.1, 0.15) is 29.0 Å². The quantitative estimate of drug-likeness (QED) is 0.488. The SMILES string of the molecule is Cn1cnc(CC(NC(=O)O)c2nc(Cc3ccc(-c4ccccc4)cc3)no2)c1. The minimum absolute atomic E-state index is 0.221. The van der Waals surface area contributed by atoms with Gasteiger partial charge in [-0.1, -0.05) is 59.8 Å². The Labute approximate surface area is 173 Å². The lowest BCUT2D eigenvalue weighted by Crippen LogP contribution is -2.28. The first-order valence-corrected chi connectivity index (χ1v) is 9.50. The molecule has 8 nitrogen and oxygen atoms in total. The number of aromatic nitrogens is 4. The van der Waals surface area contributed by atoms with E-state index in [9.17, 15) is 4.79 Å². The number of rotatable bonds is 7. The lowest BCUT2D eigenvalue weighted by Gasteiger charge is -2.10. The normalized spacial score (nSPS) is 11.9. The molecule has 2 heterocycles. The number of aryl methyl sites for hydroxylation is 1. The summed E-state index contributed by atoms with van der Waals surface area (Å²) in [7, 11) is 1.85. The molecule has 152 valence electrons. The Morgan fingerprint density at radius 3 is 2.53 bits per heavy atom. The second-order valence-electron chi connectivity index (χ2n) is 7.03. The average molecular weight is 403 g/mol. The van der Waals surface area contributed by atoms with Crippen LogP contribution in [0, 0.1) is 0 Å². The van der Waals surface area contributed by atoms with E-state index >= 15 is 0 Å². The molecule has 0 saturated heterocycles. The molecule has 0 bridgehead atoms. The predicted octanol–water partition coefficient (Wildman–Crippen LogP) is 3.61. The van der Waals surface area contributed by atoms with Crippen LogP contribution in [0.15, 0.2) is 71.6 Å². The van der Waals surface area contributed by atoms with Crippen LogP contribution in [-0.4, -0.2) is 30.9 Å². The van der Waals surface area contributed by atoms with Crippen LogP contribution >= 0.6 is 0 Å². The maximum absolute atomic E-state index is 11.2. The number of nitrogens with zero attached hydrogens (tertiary/aromatic N) is 4. The van der Waals surface area contributed by atoms with E-state index in [0.29, 0.717) is 18.7 Å². The second kappa shape index (κ2) is 8.60. The van der Waals surface area contributed by atoms with Gasteiger partial charge in [-0.05, 0) is 16.7 Å². The van der Waals surface area contributed by atoms with Gasteiger partial charge in [0.25, 0.3) is 0 Å². The van der Waals surface area contributed by atoms with E-state index in [1.807, 2.05) is 43.6 Å². The topological polar surface area (TPSA) is 106 Å². The molecular weight excluding hydrogens is 382 g/mol. The number of imidazole rings is 1. The van der Waals surface area contributed by atoms with Crippen LogP contribution in [-0.2, 0) is 19.9 Å². The van der Waals surface area contributed by atoms with Crippen molar-refractivity contribution < 1.29 is 14.4 Å². The van der Waals surface area contributed by atoms with Crippen LogP contribution in [0.4, 0.5) is 4.79 Å². The van der Waals surface area contributed by atoms with E-state index in [0.717, 1.165) is 22.4 Å². The van der Waals surface area contributed by atoms with Crippen molar-refractivity contribution >= 4 is 6.09 Å². The highest BCUT2D eigenvalue weighted by atomic mass is 16.5. The van der Waals surface area contributed by atoms with Crippen LogP contribution < -0.4 is 5.32 Å². The molecule has 2 aromatic heterocycles. The van der Waals surface area contributed by atoms with Crippen molar-refractivity contribution in [3.05, 3.63) is 90.1 Å². The molecule has 0 radical (unpaired) electrons. The molecule has 30 heavy (non-hydrogen) atoms. The standard InChI is InChI=1S/C22H21N5O3/c1-27-13-18(23-14-27)12-19(24-22(28)29)21-25-20(26-30-21)11-15-7-9-17(10-8-15)16-5-3-2-4-6-16/h2-10,13-14,19,24H,11-12H2,1H3,(H,28,29). The number of benzene rings is 2. The number of amides is 1. The Morgan fingerprint density at radius 1 is 1.13 bits per heavy atom.